The number of amides is 1. The molecule has 0 aliphatic rings. The third-order valence-corrected chi connectivity index (χ3v) is 1.13. The van der Waals surface area contributed by atoms with Crippen LogP contribution in [-0.4, -0.2) is 42.0 Å². The molecule has 0 unspecified atom stereocenters. The molecular weight excluding hydrogens is 148 g/mol. The zero-order valence-electron chi connectivity index (χ0n) is 6.41. The molecule has 3 N–H and O–H groups in total. The van der Waals surface area contributed by atoms with Crippen molar-refractivity contribution in [2.45, 2.75) is 6.42 Å². The van der Waals surface area contributed by atoms with Crippen molar-refractivity contribution >= 4 is 11.9 Å². The number of carbonyl (C=O) groups excluding carboxylic acids is 1. The van der Waals surface area contributed by atoms with Crippen molar-refractivity contribution in [1.29, 1.82) is 0 Å². The van der Waals surface area contributed by atoms with E-state index in [2.05, 4.69) is 0 Å². The highest BCUT2D eigenvalue weighted by Gasteiger charge is 2.04. The Labute approximate surface area is 64.8 Å². The van der Waals surface area contributed by atoms with Crippen LogP contribution in [0.5, 0.6) is 0 Å². The van der Waals surface area contributed by atoms with Crippen molar-refractivity contribution in [2.24, 2.45) is 5.73 Å². The van der Waals surface area contributed by atoms with Gasteiger partial charge in [0, 0.05) is 6.54 Å². The highest BCUT2D eigenvalue weighted by molar-refractivity contribution is 5.76. The maximum Gasteiger partial charge on any atom is 0.304 e. The van der Waals surface area contributed by atoms with Crippen LogP contribution in [0.25, 0.3) is 0 Å². The van der Waals surface area contributed by atoms with Crippen LogP contribution in [0.4, 0.5) is 0 Å². The average molecular weight is 160 g/mol. The van der Waals surface area contributed by atoms with Gasteiger partial charge in [-0.3, -0.25) is 14.5 Å². The van der Waals surface area contributed by atoms with E-state index in [0.717, 1.165) is 0 Å². The lowest BCUT2D eigenvalue weighted by molar-refractivity contribution is -0.137. The Morgan fingerprint density at radius 1 is 1.55 bits per heavy atom. The predicted molar refractivity (Wildman–Crippen MR) is 38.9 cm³/mol. The van der Waals surface area contributed by atoms with Crippen LogP contribution in [0.3, 0.4) is 0 Å². The minimum Gasteiger partial charge on any atom is -0.481 e. The number of aliphatic carboxylic acids is 1. The number of carboxylic acids is 1. The first-order valence-corrected chi connectivity index (χ1v) is 3.21. The van der Waals surface area contributed by atoms with Gasteiger partial charge in [-0.15, -0.1) is 0 Å². The van der Waals surface area contributed by atoms with Gasteiger partial charge in [0.15, 0.2) is 0 Å². The van der Waals surface area contributed by atoms with E-state index in [9.17, 15) is 9.59 Å². The Bertz CT molecular complexity index is 158. The minimum absolute atomic E-state index is 0.0315. The Hall–Kier alpha value is -1.10. The summed E-state index contributed by atoms with van der Waals surface area (Å²) in [6.45, 7) is 0.450. The van der Waals surface area contributed by atoms with Crippen molar-refractivity contribution in [3.8, 4) is 0 Å². The topological polar surface area (TPSA) is 83.6 Å². The van der Waals surface area contributed by atoms with Gasteiger partial charge in [-0.05, 0) is 7.05 Å². The van der Waals surface area contributed by atoms with Crippen LogP contribution >= 0.6 is 0 Å². The van der Waals surface area contributed by atoms with E-state index in [1.165, 1.54) is 0 Å². The van der Waals surface area contributed by atoms with Crippen LogP contribution in [0.15, 0.2) is 0 Å². The lowest BCUT2D eigenvalue weighted by Crippen LogP contribution is -2.32. The lowest BCUT2D eigenvalue weighted by atomic mass is 10.4. The van der Waals surface area contributed by atoms with Crippen LogP contribution in [0.1, 0.15) is 6.42 Å². The van der Waals surface area contributed by atoms with Crippen molar-refractivity contribution < 1.29 is 14.7 Å². The second kappa shape index (κ2) is 4.68. The fraction of sp³-hybridized carbons (Fsp3) is 0.667. The van der Waals surface area contributed by atoms with E-state index in [1.807, 2.05) is 0 Å². The molecule has 0 heterocycles. The van der Waals surface area contributed by atoms with Crippen molar-refractivity contribution in [3.63, 3.8) is 0 Å². The fourth-order valence-electron chi connectivity index (χ4n) is 0.632. The molecule has 0 aromatic carbocycles. The molecule has 64 valence electrons. The van der Waals surface area contributed by atoms with Gasteiger partial charge >= 0.3 is 5.97 Å². The first kappa shape index (κ1) is 9.90. The van der Waals surface area contributed by atoms with E-state index in [0.29, 0.717) is 6.54 Å². The Morgan fingerprint density at radius 3 is 2.45 bits per heavy atom. The van der Waals surface area contributed by atoms with Crippen LogP contribution in [0.2, 0.25) is 0 Å². The number of hydrogen-bond donors (Lipinski definition) is 2. The third-order valence-electron chi connectivity index (χ3n) is 1.13. The summed E-state index contributed by atoms with van der Waals surface area (Å²) >= 11 is 0. The Morgan fingerprint density at radius 2 is 2.09 bits per heavy atom. The molecule has 0 aliphatic carbocycles. The van der Waals surface area contributed by atoms with Crippen LogP contribution in [0, 0.1) is 0 Å². The molecule has 0 radical (unpaired) electrons. The summed E-state index contributed by atoms with van der Waals surface area (Å²) in [6, 6.07) is 0. The van der Waals surface area contributed by atoms with Gasteiger partial charge in [0.05, 0.1) is 13.0 Å². The number of carbonyl (C=O) groups is 2. The molecule has 11 heavy (non-hydrogen) atoms. The van der Waals surface area contributed by atoms with Gasteiger partial charge < -0.3 is 10.8 Å². The van der Waals surface area contributed by atoms with Crippen LogP contribution in [-0.2, 0) is 9.59 Å². The predicted octanol–water partition coefficient (Wildman–Crippen LogP) is -1.12. The molecular formula is C6H12N2O3. The highest BCUT2D eigenvalue weighted by Crippen LogP contribution is 1.85. The summed E-state index contributed by atoms with van der Waals surface area (Å²) in [7, 11) is 1.65. The molecule has 0 saturated heterocycles. The lowest BCUT2D eigenvalue weighted by Gasteiger charge is -2.11. The monoisotopic (exact) mass is 160 g/mol. The van der Waals surface area contributed by atoms with E-state index in [4.69, 9.17) is 10.8 Å². The molecule has 0 rings (SSSR count). The molecule has 0 spiro atoms. The van der Waals surface area contributed by atoms with Gasteiger partial charge in [0.25, 0.3) is 0 Å². The Kier molecular flexibility index (Phi) is 4.21. The Balaban J connectivity index is 3.44. The molecule has 0 aromatic heterocycles. The van der Waals surface area contributed by atoms with Gasteiger partial charge in [-0.2, -0.15) is 0 Å². The van der Waals surface area contributed by atoms with E-state index < -0.39 is 11.9 Å². The maximum absolute atomic E-state index is 10.3. The van der Waals surface area contributed by atoms with Crippen LogP contribution < -0.4 is 5.73 Å². The molecule has 0 atom stereocenters. The number of rotatable bonds is 5. The molecule has 0 aromatic rings. The van der Waals surface area contributed by atoms with Crippen molar-refractivity contribution in [3.05, 3.63) is 0 Å². The number of carboxylic acid groups (broad SMARTS) is 1. The van der Waals surface area contributed by atoms with Crippen molar-refractivity contribution in [2.75, 3.05) is 20.1 Å². The zero-order valence-corrected chi connectivity index (χ0v) is 6.41. The van der Waals surface area contributed by atoms with E-state index in [1.54, 1.807) is 11.9 Å². The van der Waals surface area contributed by atoms with E-state index >= 15 is 0 Å². The summed E-state index contributed by atoms with van der Waals surface area (Å²) in [4.78, 5) is 21.9. The summed E-state index contributed by atoms with van der Waals surface area (Å²) < 4.78 is 0. The summed E-state index contributed by atoms with van der Waals surface area (Å²) in [6.07, 6.45) is 0.0315. The summed E-state index contributed by atoms with van der Waals surface area (Å²) in [5.41, 5.74) is 4.87. The normalized spacial score (nSPS) is 10.0. The number of nitrogens with two attached hydrogens (primary N) is 1. The van der Waals surface area contributed by atoms with E-state index in [-0.39, 0.29) is 13.0 Å². The largest absolute Gasteiger partial charge is 0.481 e. The highest BCUT2D eigenvalue weighted by atomic mass is 16.4. The molecule has 5 heteroatoms. The molecule has 0 bridgehead atoms. The standard InChI is InChI=1S/C6H12N2O3/c1-8(4-5(7)9)3-2-6(10)11/h2-4H2,1H3,(H2,7,9)(H,10,11). The number of likely N-dealkylation sites (N-methyl/N-ethyl adjacent to an activating group) is 1. The molecule has 1 amide bonds. The summed E-state index contributed by atoms with van der Waals surface area (Å²) in [5, 5.41) is 8.25. The number of primary amides is 1. The van der Waals surface area contributed by atoms with Gasteiger partial charge in [0.1, 0.15) is 0 Å². The quantitative estimate of drug-likeness (QED) is 0.533. The SMILES string of the molecule is CN(CCC(=O)O)CC(N)=O. The van der Waals surface area contributed by atoms with Gasteiger partial charge in [0.2, 0.25) is 5.91 Å². The first-order valence-electron chi connectivity index (χ1n) is 3.21. The maximum atomic E-state index is 10.3. The molecule has 0 saturated carbocycles. The third kappa shape index (κ3) is 6.79. The van der Waals surface area contributed by atoms with Gasteiger partial charge in [-0.25, -0.2) is 0 Å². The second-order valence-corrected chi connectivity index (χ2v) is 2.35. The average Bonchev–Trinajstić information content (AvgIpc) is 1.82. The fourth-order valence-corrected chi connectivity index (χ4v) is 0.632. The minimum atomic E-state index is -0.874. The van der Waals surface area contributed by atoms with Crippen molar-refractivity contribution in [1.82, 2.24) is 4.90 Å². The van der Waals surface area contributed by atoms with Gasteiger partial charge in [-0.1, -0.05) is 0 Å². The number of hydrogen-bond acceptors (Lipinski definition) is 3. The molecule has 0 aliphatic heterocycles. The number of nitrogens with zero attached hydrogens (tertiary/aromatic N) is 1. The zero-order chi connectivity index (χ0) is 8.85. The smallest absolute Gasteiger partial charge is 0.304 e. The molecule has 0 fully saturated rings. The second-order valence-electron chi connectivity index (χ2n) is 2.35. The first-order chi connectivity index (χ1) is 5.02. The summed E-state index contributed by atoms with van der Waals surface area (Å²) in [5.74, 6) is -1.32. The molecule has 5 nitrogen and oxygen atoms in total.